The molecule has 2 fully saturated rings. The van der Waals surface area contributed by atoms with E-state index in [0.717, 1.165) is 0 Å². The first-order chi connectivity index (χ1) is 11.2. The van der Waals surface area contributed by atoms with Crippen LogP contribution >= 0.6 is 11.8 Å². The van der Waals surface area contributed by atoms with Crippen LogP contribution in [0.1, 0.15) is 27.2 Å². The van der Waals surface area contributed by atoms with Crippen molar-refractivity contribution in [2.24, 2.45) is 0 Å². The normalized spacial score (nSPS) is 31.7. The number of carbonyl (C=O) groups is 3. The molecule has 1 amide bonds. The van der Waals surface area contributed by atoms with Crippen molar-refractivity contribution in [3.63, 3.8) is 0 Å². The predicted molar refractivity (Wildman–Crippen MR) is 88.3 cm³/mol. The van der Waals surface area contributed by atoms with Gasteiger partial charge in [-0.3, -0.25) is 4.79 Å². The van der Waals surface area contributed by atoms with Crippen molar-refractivity contribution in [1.29, 1.82) is 0 Å². The molecule has 0 aromatic heterocycles. The summed E-state index contributed by atoms with van der Waals surface area (Å²) in [5, 5.41) is 9.53. The van der Waals surface area contributed by atoms with Crippen LogP contribution in [0.5, 0.6) is 5.75 Å². The van der Waals surface area contributed by atoms with Crippen LogP contribution in [0.15, 0.2) is 30.3 Å². The van der Waals surface area contributed by atoms with Crippen molar-refractivity contribution in [2.45, 2.75) is 49.6 Å². The van der Waals surface area contributed by atoms with Crippen LogP contribution in [-0.4, -0.2) is 49.6 Å². The molecule has 128 valence electrons. The zero-order valence-corrected chi connectivity index (χ0v) is 14.6. The summed E-state index contributed by atoms with van der Waals surface area (Å²) in [6.45, 7) is 4.96. The third-order valence-electron chi connectivity index (χ3n) is 4.74. The quantitative estimate of drug-likeness (QED) is 0.646. The molecule has 2 saturated heterocycles. The number of carboxylic acid groups (broad SMARTS) is 1. The summed E-state index contributed by atoms with van der Waals surface area (Å²) in [6.07, 6.45) is -0.881. The van der Waals surface area contributed by atoms with Crippen molar-refractivity contribution in [3.05, 3.63) is 30.3 Å². The number of rotatable bonds is 5. The number of hydrogen-bond donors (Lipinski definition) is 1. The van der Waals surface area contributed by atoms with Crippen LogP contribution in [0.3, 0.4) is 0 Å². The Morgan fingerprint density at radius 2 is 1.96 bits per heavy atom. The van der Waals surface area contributed by atoms with Crippen LogP contribution in [0, 0.1) is 0 Å². The number of carboxylic acids is 1. The number of aliphatic carboxylic acids is 1. The molecule has 2 heterocycles. The average Bonchev–Trinajstić information content (AvgIpc) is 2.69. The highest BCUT2D eigenvalue weighted by Crippen LogP contribution is 2.58. The molecule has 0 radical (unpaired) electrons. The largest absolute Gasteiger partial charge is 0.477 e. The summed E-state index contributed by atoms with van der Waals surface area (Å²) >= 11 is 1.45. The van der Waals surface area contributed by atoms with Crippen molar-refractivity contribution in [3.8, 4) is 5.75 Å². The number of hydrogen-bond acceptors (Lipinski definition) is 5. The van der Waals surface area contributed by atoms with Crippen LogP contribution in [-0.2, 0) is 14.4 Å². The second-order valence-corrected chi connectivity index (χ2v) is 8.58. The van der Waals surface area contributed by atoms with Crippen LogP contribution in [0.25, 0.3) is 0 Å². The van der Waals surface area contributed by atoms with E-state index in [1.165, 1.54) is 18.7 Å². The second-order valence-electron chi connectivity index (χ2n) is 6.74. The fourth-order valence-electron chi connectivity index (χ4n) is 3.87. The summed E-state index contributed by atoms with van der Waals surface area (Å²) in [7, 11) is 0. The Morgan fingerprint density at radius 1 is 1.33 bits per heavy atom. The first-order valence-electron chi connectivity index (χ1n) is 7.75. The molecule has 1 N–H and O–H groups in total. The summed E-state index contributed by atoms with van der Waals surface area (Å²) in [4.78, 5) is 37.0. The Labute approximate surface area is 144 Å². The van der Waals surface area contributed by atoms with E-state index in [2.05, 4.69) is 0 Å². The first-order valence-corrected chi connectivity index (χ1v) is 8.63. The Morgan fingerprint density at radius 3 is 2.46 bits per heavy atom. The lowest BCUT2D eigenvalue weighted by atomic mass is 9.92. The molecule has 0 saturated carbocycles. The van der Waals surface area contributed by atoms with E-state index in [1.54, 1.807) is 24.3 Å². The number of β-lactam (4-membered cyclic amide) rings is 1. The SMILES string of the molecule is CC(=O)C(Oc1ccccc1)[N+]12C(=O)C[C@H]1SC(C)(C)[C@@H]2C(=O)O. The van der Waals surface area contributed by atoms with Gasteiger partial charge in [-0.25, -0.2) is 9.59 Å². The number of thioether (sulfide) groups is 1. The number of benzene rings is 1. The van der Waals surface area contributed by atoms with E-state index in [9.17, 15) is 19.5 Å². The molecular weight excluding hydrogens is 330 g/mol. The Bertz CT molecular complexity index is 704. The van der Waals surface area contributed by atoms with Crippen molar-refractivity contribution >= 4 is 29.4 Å². The third-order valence-corrected chi connectivity index (χ3v) is 6.36. The Kier molecular flexibility index (Phi) is 3.96. The van der Waals surface area contributed by atoms with Gasteiger partial charge in [0.1, 0.15) is 12.2 Å². The van der Waals surface area contributed by atoms with Gasteiger partial charge in [0, 0.05) is 6.92 Å². The van der Waals surface area contributed by atoms with Gasteiger partial charge in [-0.2, -0.15) is 4.48 Å². The predicted octanol–water partition coefficient (Wildman–Crippen LogP) is 2.03. The number of ether oxygens (including phenoxy) is 1. The summed E-state index contributed by atoms with van der Waals surface area (Å²) in [6, 6.07) is 7.70. The van der Waals surface area contributed by atoms with E-state index in [4.69, 9.17) is 4.74 Å². The number of amides is 1. The molecule has 2 unspecified atom stereocenters. The third kappa shape index (κ3) is 2.26. The van der Waals surface area contributed by atoms with E-state index in [1.807, 2.05) is 19.9 Å². The minimum Gasteiger partial charge on any atom is -0.477 e. The lowest BCUT2D eigenvalue weighted by Gasteiger charge is -2.49. The highest BCUT2D eigenvalue weighted by atomic mass is 32.2. The zero-order valence-electron chi connectivity index (χ0n) is 13.8. The highest BCUT2D eigenvalue weighted by Gasteiger charge is 2.77. The van der Waals surface area contributed by atoms with Crippen LogP contribution in [0.2, 0.25) is 0 Å². The van der Waals surface area contributed by atoms with Crippen molar-refractivity contribution < 1.29 is 28.7 Å². The topological polar surface area (TPSA) is 80.7 Å². The molecule has 0 spiro atoms. The minimum atomic E-state index is -1.14. The molecule has 24 heavy (non-hydrogen) atoms. The monoisotopic (exact) mass is 350 g/mol. The number of nitrogens with zero attached hydrogens (tertiary/aromatic N) is 1. The molecule has 2 aliphatic heterocycles. The van der Waals surface area contributed by atoms with Gasteiger partial charge in [-0.15, -0.1) is 0 Å². The zero-order chi connectivity index (χ0) is 17.7. The number of carbonyl (C=O) groups excluding carboxylic acids is 2. The van der Waals surface area contributed by atoms with E-state index in [-0.39, 0.29) is 23.5 Å². The van der Waals surface area contributed by atoms with Gasteiger partial charge in [-0.1, -0.05) is 30.0 Å². The number of quaternary nitrogens is 1. The number of fused-ring (bicyclic) bond motifs is 1. The molecule has 0 bridgehead atoms. The number of ketones is 1. The second kappa shape index (κ2) is 5.60. The van der Waals surface area contributed by atoms with Gasteiger partial charge in [0.2, 0.25) is 11.8 Å². The Hall–Kier alpha value is -1.86. The van der Waals surface area contributed by atoms with Crippen molar-refractivity contribution in [1.82, 2.24) is 0 Å². The first kappa shape index (κ1) is 17.0. The molecule has 1 aromatic rings. The molecular formula is C17H20NO5S+. The van der Waals surface area contributed by atoms with Crippen LogP contribution < -0.4 is 4.74 Å². The van der Waals surface area contributed by atoms with E-state index in [0.29, 0.717) is 5.75 Å². The van der Waals surface area contributed by atoms with Gasteiger partial charge >= 0.3 is 18.1 Å². The van der Waals surface area contributed by atoms with Crippen LogP contribution in [0.4, 0.5) is 0 Å². The molecule has 6 nitrogen and oxygen atoms in total. The summed E-state index contributed by atoms with van der Waals surface area (Å²) in [5.74, 6) is -1.23. The molecule has 4 atom stereocenters. The number of para-hydroxylation sites is 1. The van der Waals surface area contributed by atoms with Gasteiger partial charge in [0.05, 0.1) is 4.75 Å². The molecule has 1 aromatic carbocycles. The minimum absolute atomic E-state index is 0.249. The smallest absolute Gasteiger partial charge is 0.364 e. The molecule has 7 heteroatoms. The molecule has 3 rings (SSSR count). The maximum atomic E-state index is 12.6. The van der Waals surface area contributed by atoms with E-state index < -0.39 is 27.5 Å². The van der Waals surface area contributed by atoms with Gasteiger partial charge < -0.3 is 9.84 Å². The van der Waals surface area contributed by atoms with E-state index >= 15 is 0 Å². The van der Waals surface area contributed by atoms with Gasteiger partial charge in [0.25, 0.3) is 0 Å². The lowest BCUT2D eigenvalue weighted by molar-refractivity contribution is -0.932. The Balaban J connectivity index is 2.08. The fourth-order valence-corrected chi connectivity index (χ4v) is 5.73. The summed E-state index contributed by atoms with van der Waals surface area (Å²) < 4.78 is 4.74. The maximum absolute atomic E-state index is 12.6. The van der Waals surface area contributed by atoms with Gasteiger partial charge in [-0.05, 0) is 26.0 Å². The highest BCUT2D eigenvalue weighted by molar-refractivity contribution is 8.01. The van der Waals surface area contributed by atoms with Crippen molar-refractivity contribution in [2.75, 3.05) is 0 Å². The fraction of sp³-hybridized carbons (Fsp3) is 0.471. The maximum Gasteiger partial charge on any atom is 0.364 e. The standard InChI is InChI=1S/C17H19NO5S/c1-10(19)15(23-11-7-5-4-6-8-11)18-12(20)9-13(18)24-17(2,3)14(18)16(21)22/h4-8,13-15H,9H2,1-3H3/p+1/t13-,14+,15?,18?/m1/s1. The lowest BCUT2D eigenvalue weighted by Crippen LogP contribution is -2.78. The summed E-state index contributed by atoms with van der Waals surface area (Å²) in [5.41, 5.74) is 0. The number of Topliss-reactive ketones (excluding diaryl/α,β-unsaturated/α-hetero) is 1. The van der Waals surface area contributed by atoms with Gasteiger partial charge in [0.15, 0.2) is 5.37 Å². The average molecular weight is 350 g/mol. The molecule has 0 aliphatic carbocycles. The molecule has 2 aliphatic rings.